The van der Waals surface area contributed by atoms with Gasteiger partial charge in [-0.3, -0.25) is 9.48 Å². The van der Waals surface area contributed by atoms with Gasteiger partial charge in [0, 0.05) is 6.20 Å². The van der Waals surface area contributed by atoms with E-state index in [1.807, 2.05) is 29.1 Å². The minimum atomic E-state index is -0.730. The van der Waals surface area contributed by atoms with E-state index in [4.69, 9.17) is 9.63 Å². The molecule has 138 valence electrons. The lowest BCUT2D eigenvalue weighted by molar-refractivity contribution is -0.146. The van der Waals surface area contributed by atoms with Gasteiger partial charge in [0.05, 0.1) is 17.4 Å². The molecular weight excluding hydrogens is 344 g/mol. The number of benzene rings is 1. The number of hydrogen-bond acceptors (Lipinski definition) is 5. The third-order valence-electron chi connectivity index (χ3n) is 5.93. The molecule has 27 heavy (non-hydrogen) atoms. The Morgan fingerprint density at radius 3 is 2.74 bits per heavy atom. The van der Waals surface area contributed by atoms with Gasteiger partial charge in [0.2, 0.25) is 0 Å². The van der Waals surface area contributed by atoms with E-state index in [9.17, 15) is 4.79 Å². The van der Waals surface area contributed by atoms with Crippen molar-refractivity contribution in [2.45, 2.75) is 44.1 Å². The van der Waals surface area contributed by atoms with Gasteiger partial charge in [-0.25, -0.2) is 0 Å². The standard InChI is InChI=1S/C20H20N4O3/c1-12-4-2-3-5-15(12)20(7-8-20)19-21-17(27-23-19)16-6-9-24(22-16)14-10-13(11-14)18(25)26/h2-6,9,13-14H,7-8,10-11H2,1H3,(H,25,26). The van der Waals surface area contributed by atoms with Crippen LogP contribution < -0.4 is 0 Å². The van der Waals surface area contributed by atoms with Gasteiger partial charge in [-0.15, -0.1) is 0 Å². The van der Waals surface area contributed by atoms with Gasteiger partial charge in [-0.05, 0) is 49.8 Å². The molecule has 2 aromatic heterocycles. The van der Waals surface area contributed by atoms with Gasteiger partial charge in [-0.2, -0.15) is 10.1 Å². The van der Waals surface area contributed by atoms with Crippen molar-refractivity contribution in [3.05, 3.63) is 53.5 Å². The number of nitrogens with zero attached hydrogens (tertiary/aromatic N) is 4. The van der Waals surface area contributed by atoms with E-state index in [0.29, 0.717) is 24.4 Å². The van der Waals surface area contributed by atoms with Crippen LogP contribution in [0.5, 0.6) is 0 Å². The second-order valence-corrected chi connectivity index (χ2v) is 7.66. The predicted octanol–water partition coefficient (Wildman–Crippen LogP) is 3.36. The maximum absolute atomic E-state index is 11.0. The largest absolute Gasteiger partial charge is 0.481 e. The number of rotatable bonds is 5. The summed E-state index contributed by atoms with van der Waals surface area (Å²) >= 11 is 0. The number of aromatic nitrogens is 4. The van der Waals surface area contributed by atoms with Gasteiger partial charge in [-0.1, -0.05) is 29.4 Å². The third-order valence-corrected chi connectivity index (χ3v) is 5.93. The Morgan fingerprint density at radius 2 is 2.04 bits per heavy atom. The first-order valence-electron chi connectivity index (χ1n) is 9.25. The Balaban J connectivity index is 1.38. The maximum atomic E-state index is 11.0. The minimum absolute atomic E-state index is 0.129. The first-order chi connectivity index (χ1) is 13.1. The molecule has 0 atom stereocenters. The summed E-state index contributed by atoms with van der Waals surface area (Å²) in [6.07, 6.45) is 5.12. The summed E-state index contributed by atoms with van der Waals surface area (Å²) in [5, 5.41) is 17.8. The maximum Gasteiger partial charge on any atom is 0.306 e. The van der Waals surface area contributed by atoms with E-state index in [-0.39, 0.29) is 17.4 Å². The Labute approximate surface area is 156 Å². The molecule has 1 N–H and O–H groups in total. The fourth-order valence-electron chi connectivity index (χ4n) is 4.03. The van der Waals surface area contributed by atoms with Crippen LogP contribution in [0, 0.1) is 12.8 Å². The third kappa shape index (κ3) is 2.57. The quantitative estimate of drug-likeness (QED) is 0.746. The molecule has 2 aliphatic rings. The van der Waals surface area contributed by atoms with Gasteiger partial charge in [0.25, 0.3) is 5.89 Å². The smallest absolute Gasteiger partial charge is 0.306 e. The highest BCUT2D eigenvalue weighted by atomic mass is 16.5. The fourth-order valence-corrected chi connectivity index (χ4v) is 4.03. The molecule has 0 spiro atoms. The van der Waals surface area contributed by atoms with Crippen molar-refractivity contribution in [2.75, 3.05) is 0 Å². The van der Waals surface area contributed by atoms with Crippen LogP contribution in [0.3, 0.4) is 0 Å². The van der Waals surface area contributed by atoms with Crippen LogP contribution in [0.15, 0.2) is 41.1 Å². The summed E-state index contributed by atoms with van der Waals surface area (Å²) in [5.74, 6) is 0.140. The lowest BCUT2D eigenvalue weighted by Gasteiger charge is -2.32. The SMILES string of the molecule is Cc1ccccc1C1(c2noc(-c3ccn(C4CC(C(=O)O)C4)n3)n2)CC1. The zero-order valence-electron chi connectivity index (χ0n) is 15.0. The molecule has 7 heteroatoms. The van der Waals surface area contributed by atoms with Crippen LogP contribution in [-0.2, 0) is 10.2 Å². The number of carboxylic acid groups (broad SMARTS) is 1. The zero-order chi connectivity index (χ0) is 18.6. The van der Waals surface area contributed by atoms with Crippen molar-refractivity contribution in [3.8, 4) is 11.6 Å². The summed E-state index contributed by atoms with van der Waals surface area (Å²) in [7, 11) is 0. The first-order valence-corrected chi connectivity index (χ1v) is 9.25. The van der Waals surface area contributed by atoms with E-state index in [2.05, 4.69) is 34.3 Å². The second kappa shape index (κ2) is 5.77. The summed E-state index contributed by atoms with van der Waals surface area (Å²) in [6.45, 7) is 2.11. The summed E-state index contributed by atoms with van der Waals surface area (Å²) in [4.78, 5) is 15.6. The van der Waals surface area contributed by atoms with Gasteiger partial charge < -0.3 is 9.63 Å². The van der Waals surface area contributed by atoms with Crippen LogP contribution in [-0.4, -0.2) is 31.0 Å². The van der Waals surface area contributed by atoms with Gasteiger partial charge >= 0.3 is 5.97 Å². The first kappa shape index (κ1) is 16.2. The average molecular weight is 364 g/mol. The molecule has 2 heterocycles. The molecule has 0 aliphatic heterocycles. The molecule has 0 radical (unpaired) electrons. The molecule has 0 bridgehead atoms. The summed E-state index contributed by atoms with van der Waals surface area (Å²) in [6, 6.07) is 10.3. The van der Waals surface area contributed by atoms with Crippen LogP contribution in [0.25, 0.3) is 11.6 Å². The molecule has 0 saturated heterocycles. The monoisotopic (exact) mass is 364 g/mol. The van der Waals surface area contributed by atoms with Crippen LogP contribution in [0.4, 0.5) is 0 Å². The van der Waals surface area contributed by atoms with E-state index >= 15 is 0 Å². The van der Waals surface area contributed by atoms with Crippen molar-refractivity contribution < 1.29 is 14.4 Å². The fraction of sp³-hybridized carbons (Fsp3) is 0.400. The molecular formula is C20H20N4O3. The Kier molecular flexibility index (Phi) is 3.47. The molecule has 2 fully saturated rings. The highest BCUT2D eigenvalue weighted by Gasteiger charge is 2.50. The molecule has 2 saturated carbocycles. The van der Waals surface area contributed by atoms with Crippen molar-refractivity contribution in [2.24, 2.45) is 5.92 Å². The number of aryl methyl sites for hydroxylation is 1. The van der Waals surface area contributed by atoms with Gasteiger partial charge in [0.1, 0.15) is 0 Å². The highest BCUT2D eigenvalue weighted by Crippen LogP contribution is 2.53. The number of carboxylic acids is 1. The summed E-state index contributed by atoms with van der Waals surface area (Å²) in [5.41, 5.74) is 2.99. The van der Waals surface area contributed by atoms with Crippen LogP contribution in [0.1, 0.15) is 48.7 Å². The normalized spacial score (nSPS) is 23.0. The number of hydrogen-bond donors (Lipinski definition) is 1. The lowest BCUT2D eigenvalue weighted by Crippen LogP contribution is -2.32. The van der Waals surface area contributed by atoms with E-state index < -0.39 is 5.97 Å². The molecule has 0 amide bonds. The highest BCUT2D eigenvalue weighted by molar-refractivity contribution is 5.71. The molecule has 5 rings (SSSR count). The molecule has 7 nitrogen and oxygen atoms in total. The Morgan fingerprint density at radius 1 is 1.26 bits per heavy atom. The molecule has 1 aromatic carbocycles. The van der Waals surface area contributed by atoms with Crippen molar-refractivity contribution in [1.82, 2.24) is 19.9 Å². The van der Waals surface area contributed by atoms with Crippen molar-refractivity contribution in [3.63, 3.8) is 0 Å². The lowest BCUT2D eigenvalue weighted by atomic mass is 9.80. The van der Waals surface area contributed by atoms with Crippen LogP contribution in [0.2, 0.25) is 0 Å². The minimum Gasteiger partial charge on any atom is -0.481 e. The Bertz CT molecular complexity index is 1010. The predicted molar refractivity (Wildman–Crippen MR) is 96.1 cm³/mol. The molecule has 3 aromatic rings. The van der Waals surface area contributed by atoms with Crippen molar-refractivity contribution >= 4 is 5.97 Å². The number of aliphatic carboxylic acids is 1. The van der Waals surface area contributed by atoms with E-state index in [1.165, 1.54) is 11.1 Å². The van der Waals surface area contributed by atoms with Crippen LogP contribution >= 0.6 is 0 Å². The Hall–Kier alpha value is -2.96. The summed E-state index contributed by atoms with van der Waals surface area (Å²) < 4.78 is 7.32. The van der Waals surface area contributed by atoms with Crippen molar-refractivity contribution in [1.29, 1.82) is 0 Å². The molecule has 2 aliphatic carbocycles. The van der Waals surface area contributed by atoms with E-state index in [0.717, 1.165) is 18.7 Å². The van der Waals surface area contributed by atoms with Gasteiger partial charge in [0.15, 0.2) is 11.5 Å². The molecule has 0 unspecified atom stereocenters. The van der Waals surface area contributed by atoms with E-state index in [1.54, 1.807) is 0 Å². The topological polar surface area (TPSA) is 94.0 Å². The number of carbonyl (C=O) groups is 1. The average Bonchev–Trinajstić information content (AvgIpc) is 3.04. The zero-order valence-corrected chi connectivity index (χ0v) is 15.0. The second-order valence-electron chi connectivity index (χ2n) is 7.66.